The SMILES string of the molecule is COc1cccc(OC[C@H](O)Cn2ccnc2-c2ccncc2)c1. The third-order valence-corrected chi connectivity index (χ3v) is 3.55. The molecule has 2 aromatic heterocycles. The van der Waals surface area contributed by atoms with E-state index in [1.165, 1.54) is 0 Å². The third-order valence-electron chi connectivity index (χ3n) is 3.55. The second kappa shape index (κ2) is 7.61. The minimum atomic E-state index is -0.661. The lowest BCUT2D eigenvalue weighted by molar-refractivity contribution is 0.0927. The molecular formula is C18H19N3O3. The molecular weight excluding hydrogens is 306 g/mol. The van der Waals surface area contributed by atoms with E-state index in [9.17, 15) is 5.11 Å². The van der Waals surface area contributed by atoms with Crippen molar-refractivity contribution in [2.45, 2.75) is 12.6 Å². The number of methoxy groups -OCH3 is 1. The fraction of sp³-hybridized carbons (Fsp3) is 0.222. The predicted molar refractivity (Wildman–Crippen MR) is 90.0 cm³/mol. The molecule has 124 valence electrons. The summed E-state index contributed by atoms with van der Waals surface area (Å²) in [5.74, 6) is 2.17. The molecule has 0 saturated carbocycles. The number of aromatic nitrogens is 3. The normalized spacial score (nSPS) is 11.9. The first-order chi connectivity index (χ1) is 11.8. The van der Waals surface area contributed by atoms with Gasteiger partial charge in [-0.1, -0.05) is 6.07 Å². The molecule has 1 aromatic carbocycles. The molecule has 2 heterocycles. The molecule has 6 heteroatoms. The number of ether oxygens (including phenoxy) is 2. The van der Waals surface area contributed by atoms with E-state index in [0.717, 1.165) is 17.1 Å². The van der Waals surface area contributed by atoms with Gasteiger partial charge in [-0.3, -0.25) is 4.98 Å². The van der Waals surface area contributed by atoms with E-state index in [2.05, 4.69) is 9.97 Å². The Bertz CT molecular complexity index is 774. The molecule has 0 aliphatic heterocycles. The van der Waals surface area contributed by atoms with Crippen LogP contribution in [0.15, 0.2) is 61.2 Å². The Morgan fingerprint density at radius 1 is 1.12 bits per heavy atom. The van der Waals surface area contributed by atoms with Gasteiger partial charge >= 0.3 is 0 Å². The highest BCUT2D eigenvalue weighted by atomic mass is 16.5. The largest absolute Gasteiger partial charge is 0.497 e. The maximum Gasteiger partial charge on any atom is 0.140 e. The highest BCUT2D eigenvalue weighted by molar-refractivity contribution is 5.54. The van der Waals surface area contributed by atoms with Crippen molar-refractivity contribution in [3.63, 3.8) is 0 Å². The lowest BCUT2D eigenvalue weighted by Gasteiger charge is -2.15. The maximum absolute atomic E-state index is 10.3. The van der Waals surface area contributed by atoms with Crippen LogP contribution in [0.5, 0.6) is 11.5 Å². The zero-order valence-corrected chi connectivity index (χ0v) is 13.4. The molecule has 0 radical (unpaired) electrons. The first-order valence-electron chi connectivity index (χ1n) is 7.62. The Hall–Kier alpha value is -2.86. The molecule has 0 saturated heterocycles. The average molecular weight is 325 g/mol. The summed E-state index contributed by atoms with van der Waals surface area (Å²) in [6, 6.07) is 11.1. The van der Waals surface area contributed by atoms with Gasteiger partial charge in [0.05, 0.1) is 13.7 Å². The van der Waals surface area contributed by atoms with Gasteiger partial charge in [0.2, 0.25) is 0 Å². The van der Waals surface area contributed by atoms with Gasteiger partial charge in [0.1, 0.15) is 30.0 Å². The van der Waals surface area contributed by atoms with Crippen LogP contribution in [0.3, 0.4) is 0 Å². The van der Waals surface area contributed by atoms with Crippen LogP contribution in [0.2, 0.25) is 0 Å². The van der Waals surface area contributed by atoms with E-state index in [-0.39, 0.29) is 6.61 Å². The topological polar surface area (TPSA) is 69.4 Å². The number of hydrogen-bond acceptors (Lipinski definition) is 5. The molecule has 0 amide bonds. The fourth-order valence-electron chi connectivity index (χ4n) is 2.38. The minimum Gasteiger partial charge on any atom is -0.497 e. The van der Waals surface area contributed by atoms with Crippen molar-refractivity contribution in [2.75, 3.05) is 13.7 Å². The molecule has 0 spiro atoms. The van der Waals surface area contributed by atoms with Crippen molar-refractivity contribution in [1.82, 2.24) is 14.5 Å². The number of benzene rings is 1. The van der Waals surface area contributed by atoms with Crippen LogP contribution in [0.4, 0.5) is 0 Å². The average Bonchev–Trinajstić information content (AvgIpc) is 3.09. The van der Waals surface area contributed by atoms with Crippen LogP contribution in [-0.4, -0.2) is 39.5 Å². The quantitative estimate of drug-likeness (QED) is 0.722. The lowest BCUT2D eigenvalue weighted by Crippen LogP contribution is -2.23. The molecule has 3 rings (SSSR count). The van der Waals surface area contributed by atoms with E-state index in [1.807, 2.05) is 41.1 Å². The van der Waals surface area contributed by atoms with Crippen molar-refractivity contribution in [2.24, 2.45) is 0 Å². The van der Waals surface area contributed by atoms with Gasteiger partial charge in [-0.25, -0.2) is 4.98 Å². The van der Waals surface area contributed by atoms with E-state index in [0.29, 0.717) is 12.3 Å². The van der Waals surface area contributed by atoms with Crippen LogP contribution >= 0.6 is 0 Å². The van der Waals surface area contributed by atoms with Gasteiger partial charge in [-0.05, 0) is 24.3 Å². The van der Waals surface area contributed by atoms with Crippen molar-refractivity contribution < 1.29 is 14.6 Å². The summed E-state index contributed by atoms with van der Waals surface area (Å²) in [4.78, 5) is 8.35. The molecule has 6 nitrogen and oxygen atoms in total. The highest BCUT2D eigenvalue weighted by Gasteiger charge is 2.11. The molecule has 0 bridgehead atoms. The zero-order chi connectivity index (χ0) is 16.8. The van der Waals surface area contributed by atoms with Crippen LogP contribution in [0, 0.1) is 0 Å². The van der Waals surface area contributed by atoms with Crippen LogP contribution in [0.25, 0.3) is 11.4 Å². The Labute approximate surface area is 140 Å². The van der Waals surface area contributed by atoms with Crippen molar-refractivity contribution in [1.29, 1.82) is 0 Å². The molecule has 0 fully saturated rings. The number of aliphatic hydroxyl groups excluding tert-OH is 1. The number of nitrogens with zero attached hydrogens (tertiary/aromatic N) is 3. The predicted octanol–water partition coefficient (Wildman–Crippen LogP) is 2.39. The smallest absolute Gasteiger partial charge is 0.140 e. The molecule has 0 unspecified atom stereocenters. The standard InChI is InChI=1S/C18H19N3O3/c1-23-16-3-2-4-17(11-16)24-13-15(22)12-21-10-9-20-18(21)14-5-7-19-8-6-14/h2-11,15,22H,12-13H2,1H3/t15-/m1/s1. The summed E-state index contributed by atoms with van der Waals surface area (Å²) >= 11 is 0. The van der Waals surface area contributed by atoms with Crippen molar-refractivity contribution in [3.8, 4) is 22.9 Å². The second-order valence-electron chi connectivity index (χ2n) is 5.28. The van der Waals surface area contributed by atoms with Gasteiger partial charge < -0.3 is 19.1 Å². The van der Waals surface area contributed by atoms with Crippen LogP contribution in [0.1, 0.15) is 0 Å². The van der Waals surface area contributed by atoms with E-state index in [1.54, 1.807) is 31.8 Å². The Morgan fingerprint density at radius 2 is 1.92 bits per heavy atom. The maximum atomic E-state index is 10.3. The van der Waals surface area contributed by atoms with Gasteiger partial charge in [0, 0.05) is 36.4 Å². The van der Waals surface area contributed by atoms with Gasteiger partial charge in [-0.2, -0.15) is 0 Å². The molecule has 1 atom stereocenters. The Morgan fingerprint density at radius 3 is 2.71 bits per heavy atom. The highest BCUT2D eigenvalue weighted by Crippen LogP contribution is 2.20. The molecule has 3 aromatic rings. The number of aliphatic hydroxyl groups is 1. The summed E-state index contributed by atoms with van der Waals surface area (Å²) in [7, 11) is 1.60. The summed E-state index contributed by atoms with van der Waals surface area (Å²) in [5, 5.41) is 10.3. The number of imidazole rings is 1. The number of rotatable bonds is 7. The number of pyridine rings is 1. The second-order valence-corrected chi connectivity index (χ2v) is 5.28. The summed E-state index contributed by atoms with van der Waals surface area (Å²) in [6.45, 7) is 0.572. The lowest BCUT2D eigenvalue weighted by atomic mass is 10.2. The van der Waals surface area contributed by atoms with Gasteiger partial charge in [0.25, 0.3) is 0 Å². The van der Waals surface area contributed by atoms with E-state index in [4.69, 9.17) is 9.47 Å². The summed E-state index contributed by atoms with van der Waals surface area (Å²) in [6.07, 6.45) is 6.33. The Balaban J connectivity index is 1.61. The first kappa shape index (κ1) is 16.0. The molecule has 24 heavy (non-hydrogen) atoms. The van der Waals surface area contributed by atoms with Crippen molar-refractivity contribution >= 4 is 0 Å². The van der Waals surface area contributed by atoms with E-state index < -0.39 is 6.10 Å². The zero-order valence-electron chi connectivity index (χ0n) is 13.4. The molecule has 1 N–H and O–H groups in total. The van der Waals surface area contributed by atoms with Gasteiger partial charge in [-0.15, -0.1) is 0 Å². The first-order valence-corrected chi connectivity index (χ1v) is 7.62. The fourth-order valence-corrected chi connectivity index (χ4v) is 2.38. The summed E-state index contributed by atoms with van der Waals surface area (Å²) < 4.78 is 12.7. The minimum absolute atomic E-state index is 0.182. The number of hydrogen-bond donors (Lipinski definition) is 1. The van der Waals surface area contributed by atoms with Gasteiger partial charge in [0.15, 0.2) is 0 Å². The third kappa shape index (κ3) is 3.91. The van der Waals surface area contributed by atoms with Crippen LogP contribution < -0.4 is 9.47 Å². The molecule has 0 aliphatic carbocycles. The van der Waals surface area contributed by atoms with E-state index >= 15 is 0 Å². The molecule has 0 aliphatic rings. The summed E-state index contributed by atoms with van der Waals surface area (Å²) in [5.41, 5.74) is 0.955. The van der Waals surface area contributed by atoms with Crippen molar-refractivity contribution in [3.05, 3.63) is 61.2 Å². The van der Waals surface area contributed by atoms with Crippen LogP contribution in [-0.2, 0) is 6.54 Å². The Kier molecular flexibility index (Phi) is 5.08. The monoisotopic (exact) mass is 325 g/mol.